The smallest absolute Gasteiger partial charge is 0.246 e. The number of hydrogen-bond donors (Lipinski definition) is 1. The van der Waals surface area contributed by atoms with Crippen LogP contribution in [-0.4, -0.2) is 35.1 Å². The van der Waals surface area contributed by atoms with Gasteiger partial charge in [0.1, 0.15) is 0 Å². The molecule has 0 bridgehead atoms. The average Bonchev–Trinajstić information content (AvgIpc) is 2.22. The summed E-state index contributed by atoms with van der Waals surface area (Å²) in [5.74, 6) is -0.110. The van der Waals surface area contributed by atoms with Crippen molar-refractivity contribution in [3.63, 3.8) is 0 Å². The van der Waals surface area contributed by atoms with Crippen LogP contribution in [0.3, 0.4) is 0 Å². The molecule has 0 aliphatic carbocycles. The zero-order chi connectivity index (χ0) is 14.6. The van der Waals surface area contributed by atoms with Crippen molar-refractivity contribution in [3.05, 3.63) is 41.0 Å². The van der Waals surface area contributed by atoms with Crippen molar-refractivity contribution >= 4 is 12.0 Å². The van der Waals surface area contributed by atoms with E-state index in [-0.39, 0.29) is 5.91 Å². The Morgan fingerprint density at radius 3 is 2.26 bits per heavy atom. The lowest BCUT2D eigenvalue weighted by molar-refractivity contribution is -0.127. The lowest BCUT2D eigenvalue weighted by atomic mass is 10.1. The fraction of sp³-hybridized carbons (Fsp3) is 0.438. The van der Waals surface area contributed by atoms with E-state index in [1.54, 1.807) is 27.0 Å². The number of likely N-dealkylation sites (N-methyl/N-ethyl adjacent to an activating group) is 1. The number of carbonyl (C=O) groups is 1. The highest BCUT2D eigenvalue weighted by Gasteiger charge is 2.17. The van der Waals surface area contributed by atoms with Gasteiger partial charge in [-0.2, -0.15) is 0 Å². The highest BCUT2D eigenvalue weighted by Crippen LogP contribution is 2.11. The van der Waals surface area contributed by atoms with E-state index < -0.39 is 5.60 Å². The maximum absolute atomic E-state index is 11.9. The summed E-state index contributed by atoms with van der Waals surface area (Å²) in [4.78, 5) is 13.4. The Bertz CT molecular complexity index is 464. The highest BCUT2D eigenvalue weighted by atomic mass is 16.3. The van der Waals surface area contributed by atoms with Crippen molar-refractivity contribution in [2.45, 2.75) is 33.3 Å². The first-order valence-electron chi connectivity index (χ1n) is 6.41. The number of aliphatic hydroxyl groups is 1. The molecule has 1 aromatic rings. The van der Waals surface area contributed by atoms with Crippen molar-refractivity contribution in [2.75, 3.05) is 13.6 Å². The third-order valence-electron chi connectivity index (χ3n) is 2.66. The molecule has 0 radical (unpaired) electrons. The first kappa shape index (κ1) is 15.4. The Kier molecular flexibility index (Phi) is 4.90. The molecule has 0 fully saturated rings. The van der Waals surface area contributed by atoms with Gasteiger partial charge >= 0.3 is 0 Å². The lowest BCUT2D eigenvalue weighted by Gasteiger charge is -2.24. The molecule has 0 heterocycles. The molecule has 1 amide bonds. The SMILES string of the molecule is Cc1cc(C)cc(/C=C/C(=O)N(C)CC(C)(C)O)c1. The molecule has 0 aromatic heterocycles. The highest BCUT2D eigenvalue weighted by molar-refractivity contribution is 5.91. The molecule has 3 nitrogen and oxygen atoms in total. The monoisotopic (exact) mass is 261 g/mol. The summed E-state index contributed by atoms with van der Waals surface area (Å²) >= 11 is 0. The standard InChI is InChI=1S/C16H23NO2/c1-12-8-13(2)10-14(9-12)6-7-15(18)17(5)11-16(3,4)19/h6-10,19H,11H2,1-5H3/b7-6+. The number of nitrogens with zero attached hydrogens (tertiary/aromatic N) is 1. The van der Waals surface area contributed by atoms with E-state index in [9.17, 15) is 9.90 Å². The zero-order valence-electron chi connectivity index (χ0n) is 12.4. The molecule has 0 aliphatic rings. The Balaban J connectivity index is 2.73. The van der Waals surface area contributed by atoms with E-state index in [2.05, 4.69) is 6.07 Å². The molecule has 19 heavy (non-hydrogen) atoms. The van der Waals surface area contributed by atoms with Crippen LogP contribution in [0.4, 0.5) is 0 Å². The number of rotatable bonds is 4. The molecule has 3 heteroatoms. The van der Waals surface area contributed by atoms with Crippen LogP contribution in [0, 0.1) is 13.8 Å². The molecule has 1 N–H and O–H groups in total. The number of benzene rings is 1. The predicted molar refractivity (Wildman–Crippen MR) is 78.9 cm³/mol. The average molecular weight is 261 g/mol. The van der Waals surface area contributed by atoms with Crippen molar-refractivity contribution in [2.24, 2.45) is 0 Å². The first-order chi connectivity index (χ1) is 8.67. The first-order valence-corrected chi connectivity index (χ1v) is 6.41. The third kappa shape index (κ3) is 5.71. The van der Waals surface area contributed by atoms with Crippen LogP contribution in [0.15, 0.2) is 24.3 Å². The van der Waals surface area contributed by atoms with Gasteiger partial charge in [-0.25, -0.2) is 0 Å². The van der Waals surface area contributed by atoms with Gasteiger partial charge in [0.25, 0.3) is 0 Å². The van der Waals surface area contributed by atoms with Gasteiger partial charge in [-0.1, -0.05) is 29.3 Å². The molecule has 0 unspecified atom stereocenters. The van der Waals surface area contributed by atoms with Crippen molar-refractivity contribution in [3.8, 4) is 0 Å². The summed E-state index contributed by atoms with van der Waals surface area (Å²) in [5, 5.41) is 9.68. The fourth-order valence-corrected chi connectivity index (χ4v) is 2.06. The normalized spacial score (nSPS) is 11.9. The maximum atomic E-state index is 11.9. The molecule has 1 aromatic carbocycles. The van der Waals surface area contributed by atoms with E-state index in [1.165, 1.54) is 16.0 Å². The second-order valence-corrected chi connectivity index (χ2v) is 5.76. The molecular weight excluding hydrogens is 238 g/mol. The lowest BCUT2D eigenvalue weighted by Crippen LogP contribution is -2.38. The Hall–Kier alpha value is -1.61. The maximum Gasteiger partial charge on any atom is 0.246 e. The number of aryl methyl sites for hydroxylation is 2. The minimum atomic E-state index is -0.877. The second-order valence-electron chi connectivity index (χ2n) is 5.76. The molecule has 0 saturated carbocycles. The summed E-state index contributed by atoms with van der Waals surface area (Å²) in [6, 6.07) is 6.17. The van der Waals surface area contributed by atoms with E-state index in [1.807, 2.05) is 32.1 Å². The molecule has 0 aliphatic heterocycles. The Labute approximate surface area is 115 Å². The number of hydrogen-bond acceptors (Lipinski definition) is 2. The van der Waals surface area contributed by atoms with Gasteiger partial charge in [-0.15, -0.1) is 0 Å². The summed E-state index contributed by atoms with van der Waals surface area (Å²) in [6.45, 7) is 7.75. The van der Waals surface area contributed by atoms with Crippen LogP contribution in [0.2, 0.25) is 0 Å². The van der Waals surface area contributed by atoms with Crippen LogP contribution < -0.4 is 0 Å². The van der Waals surface area contributed by atoms with Crippen LogP contribution in [0.1, 0.15) is 30.5 Å². The molecule has 1 rings (SSSR count). The number of carbonyl (C=O) groups excluding carboxylic acids is 1. The molecule has 0 saturated heterocycles. The molecule has 104 valence electrons. The van der Waals surface area contributed by atoms with Crippen molar-refractivity contribution in [1.82, 2.24) is 4.90 Å². The van der Waals surface area contributed by atoms with Crippen molar-refractivity contribution in [1.29, 1.82) is 0 Å². The summed E-state index contributed by atoms with van der Waals surface area (Å²) in [7, 11) is 1.69. The van der Waals surface area contributed by atoms with Gasteiger partial charge < -0.3 is 10.0 Å². The van der Waals surface area contributed by atoms with E-state index >= 15 is 0 Å². The van der Waals surface area contributed by atoms with E-state index in [4.69, 9.17) is 0 Å². The molecule has 0 atom stereocenters. The van der Waals surface area contributed by atoms with Gasteiger partial charge in [0.2, 0.25) is 5.91 Å². The zero-order valence-corrected chi connectivity index (χ0v) is 12.4. The fourth-order valence-electron chi connectivity index (χ4n) is 2.06. The van der Waals surface area contributed by atoms with Crippen LogP contribution in [0.25, 0.3) is 6.08 Å². The third-order valence-corrected chi connectivity index (χ3v) is 2.66. The molecule has 0 spiro atoms. The Morgan fingerprint density at radius 2 is 1.79 bits per heavy atom. The van der Waals surface area contributed by atoms with Gasteiger partial charge in [-0.3, -0.25) is 4.79 Å². The van der Waals surface area contributed by atoms with Crippen LogP contribution in [0.5, 0.6) is 0 Å². The predicted octanol–water partition coefficient (Wildman–Crippen LogP) is 2.55. The van der Waals surface area contributed by atoms with Gasteiger partial charge in [0.15, 0.2) is 0 Å². The largest absolute Gasteiger partial charge is 0.389 e. The summed E-state index contributed by atoms with van der Waals surface area (Å²) in [6.07, 6.45) is 3.35. The second kappa shape index (κ2) is 6.02. The van der Waals surface area contributed by atoms with E-state index in [0.717, 1.165) is 5.56 Å². The van der Waals surface area contributed by atoms with Crippen LogP contribution in [-0.2, 0) is 4.79 Å². The van der Waals surface area contributed by atoms with Gasteiger partial charge in [-0.05, 0) is 39.3 Å². The van der Waals surface area contributed by atoms with Crippen LogP contribution >= 0.6 is 0 Å². The van der Waals surface area contributed by atoms with Gasteiger partial charge in [0.05, 0.1) is 5.60 Å². The quantitative estimate of drug-likeness (QED) is 0.846. The minimum Gasteiger partial charge on any atom is -0.389 e. The summed E-state index contributed by atoms with van der Waals surface area (Å²) in [5.41, 5.74) is 2.49. The molecular formula is C16H23NO2. The van der Waals surface area contributed by atoms with Crippen molar-refractivity contribution < 1.29 is 9.90 Å². The van der Waals surface area contributed by atoms with Gasteiger partial charge in [0, 0.05) is 19.7 Å². The minimum absolute atomic E-state index is 0.110. The Morgan fingerprint density at radius 1 is 1.26 bits per heavy atom. The summed E-state index contributed by atoms with van der Waals surface area (Å²) < 4.78 is 0. The number of amides is 1. The topological polar surface area (TPSA) is 40.5 Å². The van der Waals surface area contributed by atoms with E-state index in [0.29, 0.717) is 6.54 Å².